The minimum absolute atomic E-state index is 0.188. The molecule has 20 heavy (non-hydrogen) atoms. The summed E-state index contributed by atoms with van der Waals surface area (Å²) in [5.74, 6) is -0.425. The number of halogens is 1. The second-order valence-electron chi connectivity index (χ2n) is 5.15. The molecule has 2 nitrogen and oxygen atoms in total. The van der Waals surface area contributed by atoms with Gasteiger partial charge in [-0.15, -0.1) is 0 Å². The van der Waals surface area contributed by atoms with E-state index >= 15 is 0 Å². The first-order valence-electron chi connectivity index (χ1n) is 7.53. The van der Waals surface area contributed by atoms with Gasteiger partial charge in [0.1, 0.15) is 0 Å². The second-order valence-corrected chi connectivity index (χ2v) is 5.56. The molecule has 0 radical (unpaired) electrons. The van der Waals surface area contributed by atoms with Crippen molar-refractivity contribution in [2.75, 3.05) is 7.11 Å². The largest absolute Gasteiger partial charge is 0.469 e. The van der Waals surface area contributed by atoms with Crippen molar-refractivity contribution in [1.29, 1.82) is 0 Å². The Balaban J connectivity index is 2.54. The van der Waals surface area contributed by atoms with E-state index in [2.05, 4.69) is 6.92 Å². The molecule has 0 spiro atoms. The van der Waals surface area contributed by atoms with Crippen LogP contribution in [-0.2, 0) is 9.53 Å². The molecule has 3 heteroatoms. The number of hydrogen-bond acceptors (Lipinski definition) is 2. The van der Waals surface area contributed by atoms with Crippen LogP contribution in [0, 0.1) is 0 Å². The predicted molar refractivity (Wildman–Crippen MR) is 84.2 cm³/mol. The molecule has 0 saturated carbocycles. The minimum atomic E-state index is -0.236. The van der Waals surface area contributed by atoms with Gasteiger partial charge >= 0.3 is 5.97 Å². The molecule has 0 N–H and O–H groups in total. The molecule has 0 saturated heterocycles. The van der Waals surface area contributed by atoms with Gasteiger partial charge < -0.3 is 4.74 Å². The summed E-state index contributed by atoms with van der Waals surface area (Å²) in [4.78, 5) is 12.0. The zero-order chi connectivity index (χ0) is 14.8. The molecule has 1 aromatic carbocycles. The Labute approximate surface area is 127 Å². The van der Waals surface area contributed by atoms with Gasteiger partial charge in [0.25, 0.3) is 0 Å². The average Bonchev–Trinajstić information content (AvgIpc) is 2.47. The number of esters is 1. The van der Waals surface area contributed by atoms with Gasteiger partial charge in [-0.2, -0.15) is 0 Å². The van der Waals surface area contributed by atoms with Crippen LogP contribution >= 0.6 is 11.6 Å². The number of carbonyl (C=O) groups is 1. The highest BCUT2D eigenvalue weighted by Gasteiger charge is 2.22. The first-order valence-corrected chi connectivity index (χ1v) is 7.90. The Morgan fingerprint density at radius 3 is 2.45 bits per heavy atom. The van der Waals surface area contributed by atoms with Gasteiger partial charge in [0.15, 0.2) is 0 Å². The standard InChI is InChI=1S/C17H25ClO2/c1-3-4-5-6-7-8-12-15(17(19)20-2)14-11-9-10-13-16(14)18/h9-11,13,15H,3-8,12H2,1-2H3. The summed E-state index contributed by atoms with van der Waals surface area (Å²) in [7, 11) is 1.44. The fourth-order valence-corrected chi connectivity index (χ4v) is 2.70. The molecule has 1 unspecified atom stereocenters. The molecule has 1 aromatic rings. The van der Waals surface area contributed by atoms with Crippen molar-refractivity contribution in [3.05, 3.63) is 34.9 Å². The summed E-state index contributed by atoms with van der Waals surface area (Å²) >= 11 is 6.19. The van der Waals surface area contributed by atoms with Crippen LogP contribution in [0.25, 0.3) is 0 Å². The van der Waals surface area contributed by atoms with Crippen LogP contribution in [0.1, 0.15) is 63.4 Å². The van der Waals surface area contributed by atoms with E-state index in [9.17, 15) is 4.79 Å². The lowest BCUT2D eigenvalue weighted by atomic mass is 9.93. The van der Waals surface area contributed by atoms with Crippen molar-refractivity contribution in [3.8, 4) is 0 Å². The van der Waals surface area contributed by atoms with Crippen molar-refractivity contribution < 1.29 is 9.53 Å². The Kier molecular flexibility index (Phi) is 8.36. The second kappa shape index (κ2) is 9.82. The molecule has 0 aliphatic carbocycles. The summed E-state index contributed by atoms with van der Waals surface area (Å²) in [6.07, 6.45) is 8.08. The monoisotopic (exact) mass is 296 g/mol. The number of methoxy groups -OCH3 is 1. The van der Waals surface area contributed by atoms with Crippen LogP contribution < -0.4 is 0 Å². The summed E-state index contributed by atoms with van der Waals surface area (Å²) in [5, 5.41) is 0.647. The average molecular weight is 297 g/mol. The number of hydrogen-bond donors (Lipinski definition) is 0. The Morgan fingerprint density at radius 2 is 1.80 bits per heavy atom. The third-order valence-corrected chi connectivity index (χ3v) is 3.96. The van der Waals surface area contributed by atoms with Gasteiger partial charge in [0, 0.05) is 5.02 Å². The van der Waals surface area contributed by atoms with Crippen LogP contribution in [0.4, 0.5) is 0 Å². The maximum absolute atomic E-state index is 12.0. The third-order valence-electron chi connectivity index (χ3n) is 3.61. The Bertz CT molecular complexity index is 404. The van der Waals surface area contributed by atoms with Crippen molar-refractivity contribution in [3.63, 3.8) is 0 Å². The van der Waals surface area contributed by atoms with Gasteiger partial charge in [0.05, 0.1) is 13.0 Å². The Morgan fingerprint density at radius 1 is 1.15 bits per heavy atom. The van der Waals surface area contributed by atoms with E-state index in [1.165, 1.54) is 32.8 Å². The molecule has 0 bridgehead atoms. The van der Waals surface area contributed by atoms with E-state index in [-0.39, 0.29) is 11.9 Å². The lowest BCUT2D eigenvalue weighted by Crippen LogP contribution is -2.14. The molecule has 0 amide bonds. The molecule has 112 valence electrons. The van der Waals surface area contributed by atoms with Gasteiger partial charge in [-0.1, -0.05) is 75.2 Å². The zero-order valence-corrected chi connectivity index (χ0v) is 13.3. The lowest BCUT2D eigenvalue weighted by molar-refractivity contribution is -0.142. The van der Waals surface area contributed by atoms with Crippen molar-refractivity contribution in [2.24, 2.45) is 0 Å². The van der Waals surface area contributed by atoms with E-state index in [4.69, 9.17) is 16.3 Å². The Hall–Kier alpha value is -1.02. The maximum Gasteiger partial charge on any atom is 0.313 e. The highest BCUT2D eigenvalue weighted by Crippen LogP contribution is 2.29. The van der Waals surface area contributed by atoms with Crippen LogP contribution in [0.15, 0.2) is 24.3 Å². The SMILES string of the molecule is CCCCCCCCC(C(=O)OC)c1ccccc1Cl. The maximum atomic E-state index is 12.0. The van der Waals surface area contributed by atoms with E-state index in [1.807, 2.05) is 24.3 Å². The molecular weight excluding hydrogens is 272 g/mol. The van der Waals surface area contributed by atoms with Gasteiger partial charge in [0.2, 0.25) is 0 Å². The van der Waals surface area contributed by atoms with E-state index in [1.54, 1.807) is 0 Å². The molecule has 1 rings (SSSR count). The van der Waals surface area contributed by atoms with Gasteiger partial charge in [-0.05, 0) is 18.1 Å². The summed E-state index contributed by atoms with van der Waals surface area (Å²) < 4.78 is 4.92. The van der Waals surface area contributed by atoms with Crippen molar-refractivity contribution in [2.45, 2.75) is 57.8 Å². The fraction of sp³-hybridized carbons (Fsp3) is 0.588. The van der Waals surface area contributed by atoms with Gasteiger partial charge in [-0.3, -0.25) is 4.79 Å². The van der Waals surface area contributed by atoms with E-state index in [0.717, 1.165) is 24.8 Å². The molecule has 0 heterocycles. The first-order chi connectivity index (χ1) is 9.70. The topological polar surface area (TPSA) is 26.3 Å². The predicted octanol–water partition coefficient (Wildman–Crippen LogP) is 5.35. The number of carbonyl (C=O) groups excluding carboxylic acids is 1. The number of ether oxygens (including phenoxy) is 1. The molecular formula is C17H25ClO2. The highest BCUT2D eigenvalue weighted by atomic mass is 35.5. The fourth-order valence-electron chi connectivity index (χ4n) is 2.43. The van der Waals surface area contributed by atoms with Crippen LogP contribution in [0.2, 0.25) is 5.02 Å². The summed E-state index contributed by atoms with van der Waals surface area (Å²) in [5.41, 5.74) is 0.884. The molecule has 0 aromatic heterocycles. The molecule has 0 fully saturated rings. The van der Waals surface area contributed by atoms with Crippen molar-refractivity contribution in [1.82, 2.24) is 0 Å². The van der Waals surface area contributed by atoms with Crippen LogP contribution in [0.3, 0.4) is 0 Å². The zero-order valence-electron chi connectivity index (χ0n) is 12.5. The number of unbranched alkanes of at least 4 members (excludes halogenated alkanes) is 5. The quantitative estimate of drug-likeness (QED) is 0.454. The molecule has 1 atom stereocenters. The third kappa shape index (κ3) is 5.54. The minimum Gasteiger partial charge on any atom is -0.469 e. The normalized spacial score (nSPS) is 12.2. The van der Waals surface area contributed by atoms with E-state index in [0.29, 0.717) is 5.02 Å². The smallest absolute Gasteiger partial charge is 0.313 e. The highest BCUT2D eigenvalue weighted by molar-refractivity contribution is 6.31. The summed E-state index contributed by atoms with van der Waals surface area (Å²) in [6.45, 7) is 2.21. The lowest BCUT2D eigenvalue weighted by Gasteiger charge is -2.16. The van der Waals surface area contributed by atoms with E-state index < -0.39 is 0 Å². The molecule has 0 aliphatic rings. The van der Waals surface area contributed by atoms with Crippen LogP contribution in [-0.4, -0.2) is 13.1 Å². The molecule has 0 aliphatic heterocycles. The first kappa shape index (κ1) is 17.0. The number of rotatable bonds is 9. The van der Waals surface area contributed by atoms with Crippen molar-refractivity contribution >= 4 is 17.6 Å². The summed E-state index contributed by atoms with van der Waals surface area (Å²) in [6, 6.07) is 7.54. The van der Waals surface area contributed by atoms with Gasteiger partial charge in [-0.25, -0.2) is 0 Å². The van der Waals surface area contributed by atoms with Crippen LogP contribution in [0.5, 0.6) is 0 Å². The number of benzene rings is 1.